The van der Waals surface area contributed by atoms with Crippen LogP contribution in [0.2, 0.25) is 0 Å². The largest absolute Gasteiger partial charge is 0.269 e. The molecule has 3 aromatic rings. The van der Waals surface area contributed by atoms with Crippen LogP contribution in [0.15, 0.2) is 72.8 Å². The molecule has 2 N–H and O–H groups in total. The molecule has 4 heteroatoms. The molecule has 0 atom stereocenters. The van der Waals surface area contributed by atoms with E-state index in [1.165, 1.54) is 6.08 Å². The molecule has 0 saturated heterocycles. The molecule has 0 saturated carbocycles. The highest BCUT2D eigenvalue weighted by Gasteiger charge is 2.08. The first-order chi connectivity index (χ1) is 12.1. The monoisotopic (exact) mass is 330 g/mol. The molecule has 3 aromatic carbocycles. The fourth-order valence-electron chi connectivity index (χ4n) is 2.62. The molecule has 2 amide bonds. The summed E-state index contributed by atoms with van der Waals surface area (Å²) in [6, 6.07) is 21.1. The third kappa shape index (κ3) is 3.93. The highest BCUT2D eigenvalue weighted by molar-refractivity contribution is 6.00. The Morgan fingerprint density at radius 1 is 0.840 bits per heavy atom. The summed E-state index contributed by atoms with van der Waals surface area (Å²) in [6.45, 7) is 1.84. The van der Waals surface area contributed by atoms with Crippen molar-refractivity contribution < 1.29 is 9.59 Å². The topological polar surface area (TPSA) is 58.2 Å². The molecule has 25 heavy (non-hydrogen) atoms. The number of hydrazine groups is 1. The predicted molar refractivity (Wildman–Crippen MR) is 99.8 cm³/mol. The Labute approximate surface area is 146 Å². The molecule has 0 spiro atoms. The Hall–Kier alpha value is -3.40. The number of aryl methyl sites for hydroxylation is 1. The number of carbonyl (C=O) groups is 2. The lowest BCUT2D eigenvalue weighted by Crippen LogP contribution is -2.41. The summed E-state index contributed by atoms with van der Waals surface area (Å²) in [5.41, 5.74) is 7.14. The lowest BCUT2D eigenvalue weighted by atomic mass is 10.0. The van der Waals surface area contributed by atoms with Gasteiger partial charge in [-0.25, -0.2) is 0 Å². The molecular weight excluding hydrogens is 312 g/mol. The highest BCUT2D eigenvalue weighted by Crippen LogP contribution is 2.19. The van der Waals surface area contributed by atoms with Gasteiger partial charge in [-0.15, -0.1) is 0 Å². The van der Waals surface area contributed by atoms with Gasteiger partial charge < -0.3 is 0 Å². The van der Waals surface area contributed by atoms with Crippen molar-refractivity contribution in [2.75, 3.05) is 0 Å². The Morgan fingerprint density at radius 3 is 2.40 bits per heavy atom. The van der Waals surface area contributed by atoms with Gasteiger partial charge in [-0.05, 0) is 41.0 Å². The number of rotatable bonds is 3. The van der Waals surface area contributed by atoms with Gasteiger partial charge in [0.05, 0.1) is 0 Å². The zero-order valence-electron chi connectivity index (χ0n) is 13.8. The number of hydrogen-bond acceptors (Lipinski definition) is 2. The van der Waals surface area contributed by atoms with Crippen molar-refractivity contribution >= 4 is 28.7 Å². The number of benzene rings is 3. The van der Waals surface area contributed by atoms with Crippen LogP contribution in [0.25, 0.3) is 16.8 Å². The second-order valence-corrected chi connectivity index (χ2v) is 5.66. The highest BCUT2D eigenvalue weighted by atomic mass is 16.2. The number of nitrogens with one attached hydrogen (secondary N) is 2. The molecule has 0 aromatic heterocycles. The van der Waals surface area contributed by atoms with Gasteiger partial charge in [0, 0.05) is 11.6 Å². The van der Waals surface area contributed by atoms with E-state index in [2.05, 4.69) is 10.9 Å². The molecule has 0 heterocycles. The average Bonchev–Trinajstić information content (AvgIpc) is 2.64. The standard InChI is InChI=1S/C21H18N2O2/c1-15-7-2-4-11-18(15)21(25)23-22-20(24)14-13-17-10-6-9-16-8-3-5-12-19(16)17/h2-14H,1H3,(H,22,24)(H,23,25). The van der Waals surface area contributed by atoms with Gasteiger partial charge in [0.25, 0.3) is 11.8 Å². The fourth-order valence-corrected chi connectivity index (χ4v) is 2.62. The first kappa shape index (κ1) is 16.5. The van der Waals surface area contributed by atoms with Crippen molar-refractivity contribution in [1.29, 1.82) is 0 Å². The number of hydrogen-bond donors (Lipinski definition) is 2. The lowest BCUT2D eigenvalue weighted by molar-refractivity contribution is -0.117. The Balaban J connectivity index is 1.65. The van der Waals surface area contributed by atoms with Gasteiger partial charge in [0.15, 0.2) is 0 Å². The van der Waals surface area contributed by atoms with Crippen molar-refractivity contribution in [3.05, 3.63) is 89.5 Å². The van der Waals surface area contributed by atoms with Crippen LogP contribution in [0.5, 0.6) is 0 Å². The predicted octanol–water partition coefficient (Wildman–Crippen LogP) is 3.62. The van der Waals surface area contributed by atoms with Gasteiger partial charge in [0.2, 0.25) is 0 Å². The van der Waals surface area contributed by atoms with Gasteiger partial charge >= 0.3 is 0 Å². The summed E-state index contributed by atoms with van der Waals surface area (Å²) >= 11 is 0. The third-order valence-electron chi connectivity index (χ3n) is 3.93. The van der Waals surface area contributed by atoms with E-state index in [4.69, 9.17) is 0 Å². The molecule has 0 aliphatic carbocycles. The molecule has 0 radical (unpaired) electrons. The maximum atomic E-state index is 12.1. The second kappa shape index (κ2) is 7.45. The fraction of sp³-hybridized carbons (Fsp3) is 0.0476. The van der Waals surface area contributed by atoms with Gasteiger partial charge in [-0.1, -0.05) is 60.7 Å². The van der Waals surface area contributed by atoms with Crippen LogP contribution < -0.4 is 10.9 Å². The van der Waals surface area contributed by atoms with E-state index in [0.717, 1.165) is 21.9 Å². The van der Waals surface area contributed by atoms with Crippen molar-refractivity contribution in [1.82, 2.24) is 10.9 Å². The molecule has 0 aliphatic heterocycles. The second-order valence-electron chi connectivity index (χ2n) is 5.66. The number of fused-ring (bicyclic) bond motifs is 1. The van der Waals surface area contributed by atoms with E-state index in [-0.39, 0.29) is 5.91 Å². The van der Waals surface area contributed by atoms with E-state index >= 15 is 0 Å². The van der Waals surface area contributed by atoms with E-state index in [1.807, 2.05) is 61.5 Å². The van der Waals surface area contributed by atoms with Crippen molar-refractivity contribution in [2.24, 2.45) is 0 Å². The maximum Gasteiger partial charge on any atom is 0.269 e. The quantitative estimate of drug-likeness (QED) is 0.569. The number of carbonyl (C=O) groups excluding carboxylic acids is 2. The van der Waals surface area contributed by atoms with E-state index in [9.17, 15) is 9.59 Å². The van der Waals surface area contributed by atoms with Gasteiger partial charge in [-0.3, -0.25) is 20.4 Å². The summed E-state index contributed by atoms with van der Waals surface area (Å²) in [4.78, 5) is 24.0. The third-order valence-corrected chi connectivity index (χ3v) is 3.93. The zero-order valence-corrected chi connectivity index (χ0v) is 13.8. The van der Waals surface area contributed by atoms with Crippen molar-refractivity contribution in [3.8, 4) is 0 Å². The van der Waals surface area contributed by atoms with Gasteiger partial charge in [-0.2, -0.15) is 0 Å². The molecule has 0 unspecified atom stereocenters. The zero-order chi connectivity index (χ0) is 17.6. The smallest absolute Gasteiger partial charge is 0.268 e. The minimum Gasteiger partial charge on any atom is -0.268 e. The first-order valence-electron chi connectivity index (χ1n) is 7.97. The first-order valence-corrected chi connectivity index (χ1v) is 7.97. The molecule has 124 valence electrons. The summed E-state index contributed by atoms with van der Waals surface area (Å²) in [6.07, 6.45) is 3.14. The summed E-state index contributed by atoms with van der Waals surface area (Å²) in [5.74, 6) is -0.736. The van der Waals surface area contributed by atoms with Crippen LogP contribution in [-0.2, 0) is 4.79 Å². The number of amides is 2. The molecule has 3 rings (SSSR count). The lowest BCUT2D eigenvalue weighted by Gasteiger charge is -2.07. The van der Waals surface area contributed by atoms with Crippen LogP contribution in [-0.4, -0.2) is 11.8 Å². The molecular formula is C21H18N2O2. The minimum absolute atomic E-state index is 0.343. The molecule has 0 bridgehead atoms. The van der Waals surface area contributed by atoms with Crippen LogP contribution in [0, 0.1) is 6.92 Å². The molecule has 0 fully saturated rings. The maximum absolute atomic E-state index is 12.1. The Kier molecular flexibility index (Phi) is 4.90. The van der Waals surface area contributed by atoms with E-state index in [1.54, 1.807) is 18.2 Å². The van der Waals surface area contributed by atoms with Crippen LogP contribution in [0.1, 0.15) is 21.5 Å². The van der Waals surface area contributed by atoms with Crippen molar-refractivity contribution in [3.63, 3.8) is 0 Å². The molecule has 4 nitrogen and oxygen atoms in total. The van der Waals surface area contributed by atoms with Gasteiger partial charge in [0.1, 0.15) is 0 Å². The van der Waals surface area contributed by atoms with E-state index in [0.29, 0.717) is 5.56 Å². The molecule has 0 aliphatic rings. The summed E-state index contributed by atoms with van der Waals surface area (Å²) in [7, 11) is 0. The minimum atomic E-state index is -0.394. The van der Waals surface area contributed by atoms with Crippen LogP contribution >= 0.6 is 0 Å². The summed E-state index contributed by atoms with van der Waals surface area (Å²) < 4.78 is 0. The van der Waals surface area contributed by atoms with Crippen molar-refractivity contribution in [2.45, 2.75) is 6.92 Å². The Bertz CT molecular complexity index is 956. The van der Waals surface area contributed by atoms with Crippen LogP contribution in [0.4, 0.5) is 0 Å². The van der Waals surface area contributed by atoms with Crippen LogP contribution in [0.3, 0.4) is 0 Å². The Morgan fingerprint density at radius 2 is 1.56 bits per heavy atom. The summed E-state index contributed by atoms with van der Waals surface area (Å²) in [5, 5.41) is 2.18. The van der Waals surface area contributed by atoms with E-state index < -0.39 is 5.91 Å². The average molecular weight is 330 g/mol. The normalized spacial score (nSPS) is 10.8. The SMILES string of the molecule is Cc1ccccc1C(=O)NNC(=O)C=Cc1cccc2ccccc12.